The van der Waals surface area contributed by atoms with Gasteiger partial charge in [-0.3, -0.25) is 10.2 Å². The summed E-state index contributed by atoms with van der Waals surface area (Å²) in [4.78, 5) is 4.42. The first-order valence-corrected chi connectivity index (χ1v) is 12.6. The number of aliphatic hydroxyl groups is 1. The Morgan fingerprint density at radius 2 is 1.47 bits per heavy atom. The number of hydrogen-bond donors (Lipinski definition) is 3. The molecule has 0 spiro atoms. The highest BCUT2D eigenvalue weighted by Gasteiger charge is 2.37. The minimum atomic E-state index is -4.94. The van der Waals surface area contributed by atoms with E-state index in [2.05, 4.69) is 21.2 Å². The van der Waals surface area contributed by atoms with Gasteiger partial charge in [0.15, 0.2) is 0 Å². The monoisotopic (exact) mass is 542 g/mol. The van der Waals surface area contributed by atoms with Crippen LogP contribution >= 0.6 is 0 Å². The SMILES string of the molecule is Nc1ccc(C(C(O)NCc2cc(C(F)(F)F)cc(C(F)(F)F)c2)N2CCN(C3=CCCCC3)CC2)cc1. The van der Waals surface area contributed by atoms with Crippen LogP contribution in [-0.4, -0.2) is 47.3 Å². The van der Waals surface area contributed by atoms with Gasteiger partial charge in [-0.2, -0.15) is 26.3 Å². The third kappa shape index (κ3) is 7.00. The van der Waals surface area contributed by atoms with Gasteiger partial charge in [0, 0.05) is 44.1 Å². The highest BCUT2D eigenvalue weighted by atomic mass is 19.4. The molecule has 2 aromatic rings. The average molecular weight is 543 g/mol. The van der Waals surface area contributed by atoms with E-state index in [0.717, 1.165) is 37.9 Å². The van der Waals surface area contributed by atoms with Gasteiger partial charge in [0.1, 0.15) is 6.23 Å². The van der Waals surface area contributed by atoms with Crippen molar-refractivity contribution in [2.75, 3.05) is 31.9 Å². The van der Waals surface area contributed by atoms with Crippen LogP contribution in [0, 0.1) is 0 Å². The number of rotatable bonds is 7. The molecule has 208 valence electrons. The summed E-state index contributed by atoms with van der Waals surface area (Å²) in [5, 5.41) is 13.9. The molecule has 0 radical (unpaired) electrons. The molecule has 2 unspecified atom stereocenters. The van der Waals surface area contributed by atoms with Gasteiger partial charge in [0.25, 0.3) is 0 Å². The molecule has 4 rings (SSSR count). The third-order valence-electron chi connectivity index (χ3n) is 7.12. The van der Waals surface area contributed by atoms with Gasteiger partial charge < -0.3 is 15.7 Å². The first-order valence-electron chi connectivity index (χ1n) is 12.6. The zero-order chi connectivity index (χ0) is 27.5. The number of halogens is 6. The Kier molecular flexibility index (Phi) is 8.59. The van der Waals surface area contributed by atoms with Crippen molar-refractivity contribution < 1.29 is 31.4 Å². The lowest BCUT2D eigenvalue weighted by Crippen LogP contribution is -2.52. The summed E-state index contributed by atoms with van der Waals surface area (Å²) in [5.74, 6) is 0. The van der Waals surface area contributed by atoms with E-state index < -0.39 is 35.7 Å². The van der Waals surface area contributed by atoms with E-state index >= 15 is 0 Å². The lowest BCUT2D eigenvalue weighted by molar-refractivity contribution is -0.143. The second-order valence-corrected chi connectivity index (χ2v) is 9.82. The van der Waals surface area contributed by atoms with E-state index in [-0.39, 0.29) is 18.2 Å². The number of nitrogens with one attached hydrogen (secondary N) is 1. The Hall–Kier alpha value is -2.76. The molecular formula is C27H32F6N4O. The number of alkyl halides is 6. The van der Waals surface area contributed by atoms with Crippen molar-refractivity contribution >= 4 is 5.69 Å². The highest BCUT2D eigenvalue weighted by Crippen LogP contribution is 2.36. The molecule has 2 atom stereocenters. The molecule has 2 aromatic carbocycles. The zero-order valence-electron chi connectivity index (χ0n) is 20.8. The summed E-state index contributed by atoms with van der Waals surface area (Å²) in [6, 6.07) is 7.79. The first kappa shape index (κ1) is 28.3. The Balaban J connectivity index is 1.52. The van der Waals surface area contributed by atoms with Crippen LogP contribution in [0.25, 0.3) is 0 Å². The fraction of sp³-hybridized carbons (Fsp3) is 0.481. The van der Waals surface area contributed by atoms with Crippen LogP contribution in [0.2, 0.25) is 0 Å². The van der Waals surface area contributed by atoms with Crippen LogP contribution in [-0.2, 0) is 18.9 Å². The van der Waals surface area contributed by atoms with E-state index in [0.29, 0.717) is 30.9 Å². The number of aliphatic hydroxyl groups excluding tert-OH is 1. The van der Waals surface area contributed by atoms with Crippen molar-refractivity contribution in [3.05, 3.63) is 76.5 Å². The van der Waals surface area contributed by atoms with E-state index in [9.17, 15) is 31.4 Å². The maximum atomic E-state index is 13.3. The van der Waals surface area contributed by atoms with Gasteiger partial charge in [0.2, 0.25) is 0 Å². The smallest absolute Gasteiger partial charge is 0.399 e. The first-order chi connectivity index (χ1) is 17.9. The molecule has 0 bridgehead atoms. The molecule has 1 aliphatic heterocycles. The van der Waals surface area contributed by atoms with E-state index in [4.69, 9.17) is 5.73 Å². The Morgan fingerprint density at radius 3 is 2.00 bits per heavy atom. The highest BCUT2D eigenvalue weighted by molar-refractivity contribution is 5.40. The molecule has 2 aliphatic rings. The largest absolute Gasteiger partial charge is 0.416 e. The van der Waals surface area contributed by atoms with Gasteiger partial charge in [-0.05, 0) is 67.1 Å². The average Bonchev–Trinajstić information content (AvgIpc) is 2.88. The minimum Gasteiger partial charge on any atom is -0.399 e. The van der Waals surface area contributed by atoms with Crippen LogP contribution in [0.5, 0.6) is 0 Å². The van der Waals surface area contributed by atoms with Gasteiger partial charge >= 0.3 is 12.4 Å². The van der Waals surface area contributed by atoms with Crippen molar-refractivity contribution in [2.24, 2.45) is 0 Å². The summed E-state index contributed by atoms with van der Waals surface area (Å²) in [5.41, 5.74) is 5.44. The van der Waals surface area contributed by atoms with Crippen molar-refractivity contribution in [1.82, 2.24) is 15.1 Å². The molecule has 4 N–H and O–H groups in total. The topological polar surface area (TPSA) is 64.8 Å². The molecule has 1 fully saturated rings. The number of anilines is 1. The van der Waals surface area contributed by atoms with Crippen LogP contribution in [0.15, 0.2) is 54.2 Å². The maximum absolute atomic E-state index is 13.3. The van der Waals surface area contributed by atoms with Crippen molar-refractivity contribution in [3.8, 4) is 0 Å². The molecule has 0 amide bonds. The van der Waals surface area contributed by atoms with Gasteiger partial charge in [-0.15, -0.1) is 0 Å². The molecule has 38 heavy (non-hydrogen) atoms. The lowest BCUT2D eigenvalue weighted by Gasteiger charge is -2.43. The summed E-state index contributed by atoms with van der Waals surface area (Å²) in [7, 11) is 0. The lowest BCUT2D eigenvalue weighted by atomic mass is 10.00. The summed E-state index contributed by atoms with van der Waals surface area (Å²) in [6.07, 6.45) is -4.39. The summed E-state index contributed by atoms with van der Waals surface area (Å²) < 4.78 is 79.6. The molecule has 0 aromatic heterocycles. The molecular weight excluding hydrogens is 510 g/mol. The second kappa shape index (κ2) is 11.5. The normalized spacial score (nSPS) is 19.2. The quantitative estimate of drug-likeness (QED) is 0.244. The Bertz CT molecular complexity index is 1080. The fourth-order valence-electron chi connectivity index (χ4n) is 5.14. The van der Waals surface area contributed by atoms with E-state index in [1.54, 1.807) is 24.3 Å². The standard InChI is InChI=1S/C27H32F6N4O/c28-26(29,30)20-14-18(15-21(16-20)27(31,32)33)17-35-25(38)24(19-6-8-22(34)9-7-19)37-12-10-36(11-13-37)23-4-2-1-3-5-23/h4,6-9,14-16,24-25,35,38H,1-3,5,10-13,17,34H2. The summed E-state index contributed by atoms with van der Waals surface area (Å²) in [6.45, 7) is 2.39. The van der Waals surface area contributed by atoms with Crippen molar-refractivity contribution in [1.29, 1.82) is 0 Å². The predicted octanol–water partition coefficient (Wildman–Crippen LogP) is 5.53. The molecule has 11 heteroatoms. The Morgan fingerprint density at radius 1 is 0.868 bits per heavy atom. The van der Waals surface area contributed by atoms with Crippen LogP contribution in [0.1, 0.15) is 54.0 Å². The molecule has 1 heterocycles. The van der Waals surface area contributed by atoms with Crippen LogP contribution in [0.3, 0.4) is 0 Å². The van der Waals surface area contributed by atoms with Crippen molar-refractivity contribution in [3.63, 3.8) is 0 Å². The number of nitrogens with zero attached hydrogens (tertiary/aromatic N) is 2. The van der Waals surface area contributed by atoms with Crippen molar-refractivity contribution in [2.45, 2.75) is 56.9 Å². The van der Waals surface area contributed by atoms with Crippen LogP contribution in [0.4, 0.5) is 32.0 Å². The number of allylic oxidation sites excluding steroid dienone is 2. The predicted molar refractivity (Wildman–Crippen MR) is 133 cm³/mol. The van der Waals surface area contributed by atoms with Gasteiger partial charge in [0.05, 0.1) is 17.2 Å². The number of benzene rings is 2. The number of nitrogens with two attached hydrogens (primary N) is 1. The van der Waals surface area contributed by atoms with Gasteiger partial charge in [-0.25, -0.2) is 0 Å². The second-order valence-electron chi connectivity index (χ2n) is 9.82. The maximum Gasteiger partial charge on any atom is 0.416 e. The summed E-state index contributed by atoms with van der Waals surface area (Å²) >= 11 is 0. The number of hydrogen-bond acceptors (Lipinski definition) is 5. The molecule has 5 nitrogen and oxygen atoms in total. The minimum absolute atomic E-state index is 0.0956. The Labute approximate surface area is 217 Å². The van der Waals surface area contributed by atoms with E-state index in [1.165, 1.54) is 12.1 Å². The fourth-order valence-corrected chi connectivity index (χ4v) is 5.14. The number of nitrogen functional groups attached to an aromatic ring is 1. The van der Waals surface area contributed by atoms with Gasteiger partial charge in [-0.1, -0.05) is 18.2 Å². The molecule has 1 aliphatic carbocycles. The number of piperazine rings is 1. The third-order valence-corrected chi connectivity index (χ3v) is 7.12. The molecule has 1 saturated heterocycles. The van der Waals surface area contributed by atoms with E-state index in [1.807, 2.05) is 0 Å². The van der Waals surface area contributed by atoms with Crippen LogP contribution < -0.4 is 11.1 Å². The molecule has 0 saturated carbocycles. The zero-order valence-corrected chi connectivity index (χ0v) is 20.8.